The molecule has 3 aromatic rings. The van der Waals surface area contributed by atoms with Gasteiger partial charge in [0.1, 0.15) is 6.54 Å². The van der Waals surface area contributed by atoms with Gasteiger partial charge in [0.2, 0.25) is 5.82 Å². The Balaban J connectivity index is 1.67. The van der Waals surface area contributed by atoms with Crippen molar-refractivity contribution < 1.29 is 14.5 Å². The molecule has 2 aromatic heterocycles. The summed E-state index contributed by atoms with van der Waals surface area (Å²) in [6, 6.07) is 10.4. The summed E-state index contributed by atoms with van der Waals surface area (Å²) in [4.78, 5) is 16.4. The molecule has 0 aliphatic heterocycles. The minimum absolute atomic E-state index is 0.376. The van der Waals surface area contributed by atoms with E-state index in [-0.39, 0.29) is 6.54 Å². The summed E-state index contributed by atoms with van der Waals surface area (Å²) < 4.78 is 14.3. The molecule has 0 bridgehead atoms. The topological polar surface area (TPSA) is 129 Å². The molecule has 128 valence electrons. The van der Waals surface area contributed by atoms with Crippen molar-refractivity contribution in [3.05, 3.63) is 54.4 Å². The molecular weight excluding hydrogens is 344 g/mol. The van der Waals surface area contributed by atoms with Crippen molar-refractivity contribution in [1.82, 2.24) is 29.9 Å². The lowest BCUT2D eigenvalue weighted by Crippen LogP contribution is -2.29. The first-order chi connectivity index (χ1) is 12.1. The third-order valence-corrected chi connectivity index (χ3v) is 4.31. The van der Waals surface area contributed by atoms with Crippen molar-refractivity contribution in [1.29, 1.82) is 0 Å². The molecule has 0 saturated heterocycles. The van der Waals surface area contributed by atoms with Crippen LogP contribution in [0.5, 0.6) is 0 Å². The summed E-state index contributed by atoms with van der Waals surface area (Å²) in [6.45, 7) is 0.107. The number of aliphatic carboxylic acids is 1. The number of tetrazole rings is 1. The van der Waals surface area contributed by atoms with Crippen molar-refractivity contribution in [2.45, 2.75) is 11.4 Å². The average molecular weight is 358 g/mol. The molecular formula is C15H14N6O3S. The Morgan fingerprint density at radius 1 is 1.20 bits per heavy atom. The van der Waals surface area contributed by atoms with E-state index in [2.05, 4.69) is 25.1 Å². The van der Waals surface area contributed by atoms with Gasteiger partial charge < -0.3 is 9.66 Å². The van der Waals surface area contributed by atoms with Crippen LogP contribution < -0.4 is 4.72 Å². The molecule has 2 N–H and O–H groups in total. The molecule has 0 saturated carbocycles. The van der Waals surface area contributed by atoms with E-state index >= 15 is 0 Å². The number of nitrogens with zero attached hydrogens (tertiary/aromatic N) is 5. The van der Waals surface area contributed by atoms with Gasteiger partial charge in [0, 0.05) is 18.0 Å². The van der Waals surface area contributed by atoms with E-state index in [1.165, 1.54) is 4.80 Å². The Morgan fingerprint density at radius 3 is 2.60 bits per heavy atom. The van der Waals surface area contributed by atoms with Gasteiger partial charge in [-0.3, -0.25) is 9.78 Å². The Bertz CT molecular complexity index is 840. The second kappa shape index (κ2) is 7.83. The van der Waals surface area contributed by atoms with Crippen LogP contribution in [0.4, 0.5) is 0 Å². The second-order valence-electron chi connectivity index (χ2n) is 5.01. The van der Waals surface area contributed by atoms with Gasteiger partial charge in [0.25, 0.3) is 0 Å². The third kappa shape index (κ3) is 4.59. The monoisotopic (exact) mass is 358 g/mol. The number of carbonyl (C=O) groups is 1. The highest BCUT2D eigenvalue weighted by Crippen LogP contribution is 2.17. The number of rotatable bonds is 7. The first kappa shape index (κ1) is 17.0. The van der Waals surface area contributed by atoms with Crippen LogP contribution in [0.3, 0.4) is 0 Å². The molecule has 25 heavy (non-hydrogen) atoms. The number of aromatic nitrogens is 5. The quantitative estimate of drug-likeness (QED) is 0.584. The zero-order valence-electron chi connectivity index (χ0n) is 12.9. The largest absolute Gasteiger partial charge is 0.593 e. The lowest BCUT2D eigenvalue weighted by atomic mass is 10.2. The lowest BCUT2D eigenvalue weighted by Gasteiger charge is -2.08. The first-order valence-electron chi connectivity index (χ1n) is 7.26. The number of hydrogen-bond acceptors (Lipinski definition) is 7. The van der Waals surface area contributed by atoms with Gasteiger partial charge in [-0.1, -0.05) is 0 Å². The SMILES string of the molecule is O=C(O)CN[S+]([O-])c1ccc(-c2nnn(Cc3ccncc3)n2)cc1. The standard InChI is InChI=1S/C15H14N6O3S/c22-14(23)9-17-25(24)13-3-1-12(2-4-13)15-18-20-21(19-15)10-11-5-7-16-8-6-11/h1-8,17H,9-10H2,(H,22,23). The van der Waals surface area contributed by atoms with E-state index in [4.69, 9.17) is 5.11 Å². The van der Waals surface area contributed by atoms with Gasteiger partial charge in [0.15, 0.2) is 4.90 Å². The highest BCUT2D eigenvalue weighted by atomic mass is 32.2. The van der Waals surface area contributed by atoms with Crippen LogP contribution in [0.25, 0.3) is 11.4 Å². The molecule has 1 aromatic carbocycles. The first-order valence-corrected chi connectivity index (χ1v) is 8.41. The molecule has 0 fully saturated rings. The van der Waals surface area contributed by atoms with E-state index in [9.17, 15) is 9.35 Å². The molecule has 0 radical (unpaired) electrons. The highest BCUT2D eigenvalue weighted by Gasteiger charge is 2.14. The predicted molar refractivity (Wildman–Crippen MR) is 88.6 cm³/mol. The molecule has 0 amide bonds. The zero-order valence-corrected chi connectivity index (χ0v) is 13.8. The normalized spacial score (nSPS) is 12.0. The molecule has 0 aliphatic rings. The summed E-state index contributed by atoms with van der Waals surface area (Å²) in [5.41, 5.74) is 1.73. The van der Waals surface area contributed by atoms with Crippen molar-refractivity contribution in [3.8, 4) is 11.4 Å². The summed E-state index contributed by atoms with van der Waals surface area (Å²) >= 11 is -1.59. The molecule has 2 heterocycles. The van der Waals surface area contributed by atoms with Gasteiger partial charge in [-0.15, -0.1) is 14.9 Å². The Hall–Kier alpha value is -2.82. The maximum Gasteiger partial charge on any atom is 0.322 e. The molecule has 9 nitrogen and oxygen atoms in total. The maximum absolute atomic E-state index is 11.9. The predicted octanol–water partition coefficient (Wildman–Crippen LogP) is 0.480. The minimum Gasteiger partial charge on any atom is -0.593 e. The number of carboxylic acids is 1. The van der Waals surface area contributed by atoms with Crippen molar-refractivity contribution in [3.63, 3.8) is 0 Å². The number of nitrogens with one attached hydrogen (secondary N) is 1. The zero-order chi connectivity index (χ0) is 17.6. The smallest absolute Gasteiger partial charge is 0.322 e. The molecule has 1 unspecified atom stereocenters. The fourth-order valence-corrected chi connectivity index (χ4v) is 2.82. The van der Waals surface area contributed by atoms with E-state index in [0.29, 0.717) is 17.3 Å². The van der Waals surface area contributed by atoms with Gasteiger partial charge >= 0.3 is 5.97 Å². The summed E-state index contributed by atoms with van der Waals surface area (Å²) in [7, 11) is 0. The van der Waals surface area contributed by atoms with Gasteiger partial charge in [-0.2, -0.15) is 4.80 Å². The van der Waals surface area contributed by atoms with E-state index in [1.807, 2.05) is 12.1 Å². The molecule has 0 spiro atoms. The molecule has 3 rings (SSSR count). The summed E-state index contributed by atoms with van der Waals surface area (Å²) in [6.07, 6.45) is 3.40. The van der Waals surface area contributed by atoms with E-state index in [1.54, 1.807) is 36.7 Å². The Morgan fingerprint density at radius 2 is 1.92 bits per heavy atom. The fraction of sp³-hybridized carbons (Fsp3) is 0.133. The van der Waals surface area contributed by atoms with Crippen LogP contribution in [0.2, 0.25) is 0 Å². The second-order valence-corrected chi connectivity index (χ2v) is 6.30. The number of benzene rings is 1. The number of hydrogen-bond donors (Lipinski definition) is 2. The summed E-state index contributed by atoms with van der Waals surface area (Å²) in [5.74, 6) is -0.620. The molecule has 0 aliphatic carbocycles. The van der Waals surface area contributed by atoms with Crippen LogP contribution in [-0.4, -0.2) is 47.4 Å². The van der Waals surface area contributed by atoms with Gasteiger partial charge in [-0.05, 0) is 47.2 Å². The van der Waals surface area contributed by atoms with Crippen LogP contribution in [0, 0.1) is 0 Å². The van der Waals surface area contributed by atoms with Crippen LogP contribution in [-0.2, 0) is 22.7 Å². The number of carboxylic acid groups (broad SMARTS) is 1. The minimum atomic E-state index is -1.59. The van der Waals surface area contributed by atoms with Crippen LogP contribution in [0.1, 0.15) is 5.56 Å². The molecule has 10 heteroatoms. The highest BCUT2D eigenvalue weighted by molar-refractivity contribution is 7.89. The number of pyridine rings is 1. The Kier molecular flexibility index (Phi) is 5.33. The van der Waals surface area contributed by atoms with Crippen LogP contribution >= 0.6 is 0 Å². The van der Waals surface area contributed by atoms with Gasteiger partial charge in [0.05, 0.1) is 17.9 Å². The van der Waals surface area contributed by atoms with Crippen LogP contribution in [0.15, 0.2) is 53.7 Å². The van der Waals surface area contributed by atoms with E-state index < -0.39 is 17.3 Å². The molecule has 1 atom stereocenters. The fourth-order valence-electron chi connectivity index (χ4n) is 2.02. The average Bonchev–Trinajstić information content (AvgIpc) is 3.09. The van der Waals surface area contributed by atoms with Gasteiger partial charge in [-0.25, -0.2) is 0 Å². The van der Waals surface area contributed by atoms with Crippen molar-refractivity contribution >= 4 is 17.3 Å². The van der Waals surface area contributed by atoms with Crippen molar-refractivity contribution in [2.75, 3.05) is 6.54 Å². The Labute approximate surface area is 146 Å². The maximum atomic E-state index is 11.9. The third-order valence-electron chi connectivity index (χ3n) is 3.21. The van der Waals surface area contributed by atoms with Crippen molar-refractivity contribution in [2.24, 2.45) is 0 Å². The summed E-state index contributed by atoms with van der Waals surface area (Å²) in [5, 5.41) is 20.9. The lowest BCUT2D eigenvalue weighted by molar-refractivity contribution is -0.135. The van der Waals surface area contributed by atoms with E-state index in [0.717, 1.165) is 11.1 Å².